The fourth-order valence-corrected chi connectivity index (χ4v) is 2.96. The normalized spacial score (nSPS) is 10.7. The Labute approximate surface area is 124 Å². The van der Waals surface area contributed by atoms with Crippen molar-refractivity contribution in [2.24, 2.45) is 0 Å². The number of alkyl halides is 1. The fourth-order valence-electron chi connectivity index (χ4n) is 1.72. The van der Waals surface area contributed by atoms with E-state index in [9.17, 15) is 4.39 Å². The van der Waals surface area contributed by atoms with Gasteiger partial charge in [-0.05, 0) is 35.4 Å². The number of benzene rings is 2. The van der Waals surface area contributed by atoms with Crippen molar-refractivity contribution in [3.05, 3.63) is 56.8 Å². The van der Waals surface area contributed by atoms with Crippen molar-refractivity contribution < 1.29 is 4.39 Å². The molecule has 2 rings (SSSR count). The van der Waals surface area contributed by atoms with Crippen LogP contribution in [0.5, 0.6) is 0 Å². The monoisotopic (exact) mass is 322 g/mol. The molecule has 0 bridgehead atoms. The Morgan fingerprint density at radius 1 is 0.944 bits per heavy atom. The van der Waals surface area contributed by atoms with E-state index in [0.29, 0.717) is 31.8 Å². The summed E-state index contributed by atoms with van der Waals surface area (Å²) < 4.78 is 13.2. The highest BCUT2D eigenvalue weighted by molar-refractivity contribution is 6.41. The first-order chi connectivity index (χ1) is 8.52. The van der Waals surface area contributed by atoms with Crippen molar-refractivity contribution in [1.29, 1.82) is 0 Å². The predicted molar refractivity (Wildman–Crippen MR) is 76.4 cm³/mol. The van der Waals surface area contributed by atoms with Crippen LogP contribution in [0.1, 0.15) is 5.56 Å². The Morgan fingerprint density at radius 3 is 2.11 bits per heavy atom. The smallest absolute Gasteiger partial charge is 0.123 e. The van der Waals surface area contributed by atoms with Gasteiger partial charge >= 0.3 is 0 Å². The van der Waals surface area contributed by atoms with Gasteiger partial charge in [-0.15, -0.1) is 11.6 Å². The minimum atomic E-state index is -0.351. The van der Waals surface area contributed by atoms with Gasteiger partial charge in [0, 0.05) is 16.5 Å². The van der Waals surface area contributed by atoms with Gasteiger partial charge in [-0.25, -0.2) is 4.39 Å². The van der Waals surface area contributed by atoms with E-state index in [1.54, 1.807) is 18.2 Å². The van der Waals surface area contributed by atoms with E-state index in [4.69, 9.17) is 46.4 Å². The molecule has 2 aromatic rings. The summed E-state index contributed by atoms with van der Waals surface area (Å²) in [5.74, 6) is -0.182. The molecule has 0 atom stereocenters. The molecular weight excluding hydrogens is 317 g/mol. The average molecular weight is 324 g/mol. The number of hydrogen-bond acceptors (Lipinski definition) is 0. The summed E-state index contributed by atoms with van der Waals surface area (Å²) in [6.45, 7) is 0. The van der Waals surface area contributed by atoms with Crippen LogP contribution in [-0.4, -0.2) is 0 Å². The molecule has 0 aliphatic rings. The summed E-state index contributed by atoms with van der Waals surface area (Å²) in [6, 6.07) is 7.49. The molecule has 0 amide bonds. The second-order valence-electron chi connectivity index (χ2n) is 3.68. The van der Waals surface area contributed by atoms with Crippen LogP contribution in [0.4, 0.5) is 4.39 Å². The highest BCUT2D eigenvalue weighted by Gasteiger charge is 2.14. The summed E-state index contributed by atoms with van der Waals surface area (Å²) in [5.41, 5.74) is 1.94. The Bertz CT molecular complexity index is 573. The van der Waals surface area contributed by atoms with Gasteiger partial charge in [0.25, 0.3) is 0 Å². The maximum atomic E-state index is 13.2. The van der Waals surface area contributed by atoms with Gasteiger partial charge in [-0.1, -0.05) is 40.9 Å². The number of hydrogen-bond donors (Lipinski definition) is 0. The molecule has 0 fully saturated rings. The van der Waals surface area contributed by atoms with E-state index in [-0.39, 0.29) is 11.7 Å². The standard InChI is InChI=1S/C13H7Cl4F/c14-6-7-3-9(18)1-2-10(7)13-11(16)4-8(15)5-12(13)17/h1-5H,6H2. The minimum Gasteiger partial charge on any atom is -0.207 e. The SMILES string of the molecule is Fc1ccc(-c2c(Cl)cc(Cl)cc2Cl)c(CCl)c1. The van der Waals surface area contributed by atoms with Crippen LogP contribution in [0.25, 0.3) is 11.1 Å². The van der Waals surface area contributed by atoms with Crippen LogP contribution < -0.4 is 0 Å². The van der Waals surface area contributed by atoms with Crippen molar-refractivity contribution in [2.45, 2.75) is 5.88 Å². The van der Waals surface area contributed by atoms with Crippen LogP contribution in [0.2, 0.25) is 15.1 Å². The lowest BCUT2D eigenvalue weighted by Gasteiger charge is -2.12. The Morgan fingerprint density at radius 2 is 1.56 bits per heavy atom. The first kappa shape index (κ1) is 14.0. The van der Waals surface area contributed by atoms with Crippen molar-refractivity contribution in [2.75, 3.05) is 0 Å². The molecule has 18 heavy (non-hydrogen) atoms. The minimum absolute atomic E-state index is 0.169. The topological polar surface area (TPSA) is 0 Å². The first-order valence-electron chi connectivity index (χ1n) is 5.02. The molecule has 0 spiro atoms. The van der Waals surface area contributed by atoms with Gasteiger partial charge < -0.3 is 0 Å². The van der Waals surface area contributed by atoms with E-state index in [1.807, 2.05) is 0 Å². The zero-order chi connectivity index (χ0) is 13.3. The molecular formula is C13H7Cl4F. The molecule has 0 nitrogen and oxygen atoms in total. The molecule has 0 N–H and O–H groups in total. The summed E-state index contributed by atoms with van der Waals surface area (Å²) >= 11 is 23.9. The molecule has 2 aromatic carbocycles. The van der Waals surface area contributed by atoms with Crippen molar-refractivity contribution in [3.8, 4) is 11.1 Å². The van der Waals surface area contributed by atoms with Crippen LogP contribution in [-0.2, 0) is 5.88 Å². The van der Waals surface area contributed by atoms with Crippen LogP contribution in [0.15, 0.2) is 30.3 Å². The average Bonchev–Trinajstić information content (AvgIpc) is 2.29. The van der Waals surface area contributed by atoms with Gasteiger partial charge in [-0.2, -0.15) is 0 Å². The van der Waals surface area contributed by atoms with E-state index in [1.165, 1.54) is 12.1 Å². The predicted octanol–water partition coefficient (Wildman–Crippen LogP) is 6.19. The summed E-state index contributed by atoms with van der Waals surface area (Å²) in [5, 5.41) is 1.26. The molecule has 0 saturated carbocycles. The Kier molecular flexibility index (Phi) is 4.39. The third-order valence-electron chi connectivity index (χ3n) is 2.49. The zero-order valence-corrected chi connectivity index (χ0v) is 12.0. The highest BCUT2D eigenvalue weighted by Crippen LogP contribution is 2.39. The molecule has 0 unspecified atom stereocenters. The quantitative estimate of drug-likeness (QED) is 0.578. The maximum Gasteiger partial charge on any atom is 0.123 e. The first-order valence-corrected chi connectivity index (χ1v) is 6.69. The van der Waals surface area contributed by atoms with E-state index >= 15 is 0 Å². The molecule has 0 heterocycles. The van der Waals surface area contributed by atoms with Crippen molar-refractivity contribution >= 4 is 46.4 Å². The lowest BCUT2D eigenvalue weighted by molar-refractivity contribution is 0.626. The van der Waals surface area contributed by atoms with Crippen LogP contribution >= 0.6 is 46.4 Å². The van der Waals surface area contributed by atoms with Gasteiger partial charge in [0.15, 0.2) is 0 Å². The molecule has 94 valence electrons. The van der Waals surface area contributed by atoms with Gasteiger partial charge in [-0.3, -0.25) is 0 Å². The van der Waals surface area contributed by atoms with Crippen LogP contribution in [0, 0.1) is 5.82 Å². The molecule has 0 aliphatic heterocycles. The van der Waals surface area contributed by atoms with Crippen molar-refractivity contribution in [1.82, 2.24) is 0 Å². The Hall–Kier alpha value is -0.470. The fraction of sp³-hybridized carbons (Fsp3) is 0.0769. The largest absolute Gasteiger partial charge is 0.207 e. The molecule has 0 aromatic heterocycles. The zero-order valence-electron chi connectivity index (χ0n) is 8.98. The second-order valence-corrected chi connectivity index (χ2v) is 5.20. The van der Waals surface area contributed by atoms with E-state index in [0.717, 1.165) is 0 Å². The summed E-state index contributed by atoms with van der Waals surface area (Å²) in [6.07, 6.45) is 0. The van der Waals surface area contributed by atoms with Crippen LogP contribution in [0.3, 0.4) is 0 Å². The Balaban J connectivity index is 2.69. The summed E-state index contributed by atoms with van der Waals surface area (Å²) in [4.78, 5) is 0. The molecule has 0 radical (unpaired) electrons. The molecule has 0 saturated heterocycles. The summed E-state index contributed by atoms with van der Waals surface area (Å²) in [7, 11) is 0. The lowest BCUT2D eigenvalue weighted by Crippen LogP contribution is -1.90. The molecule has 5 heteroatoms. The highest BCUT2D eigenvalue weighted by atomic mass is 35.5. The third-order valence-corrected chi connectivity index (χ3v) is 3.59. The third kappa shape index (κ3) is 2.75. The van der Waals surface area contributed by atoms with Gasteiger partial charge in [0.1, 0.15) is 5.82 Å². The van der Waals surface area contributed by atoms with Crippen molar-refractivity contribution in [3.63, 3.8) is 0 Å². The van der Waals surface area contributed by atoms with E-state index < -0.39 is 0 Å². The molecule has 0 aliphatic carbocycles. The maximum absolute atomic E-state index is 13.2. The van der Waals surface area contributed by atoms with Gasteiger partial charge in [0.2, 0.25) is 0 Å². The van der Waals surface area contributed by atoms with Gasteiger partial charge in [0.05, 0.1) is 10.0 Å². The number of halogens is 5. The second kappa shape index (κ2) is 5.66. The number of rotatable bonds is 2. The lowest BCUT2D eigenvalue weighted by atomic mass is 10.0. The van der Waals surface area contributed by atoms with E-state index in [2.05, 4.69) is 0 Å².